The van der Waals surface area contributed by atoms with Gasteiger partial charge in [-0.2, -0.15) is 0 Å². The predicted molar refractivity (Wildman–Crippen MR) is 111 cm³/mol. The maximum absolute atomic E-state index is 12.6. The van der Waals surface area contributed by atoms with Crippen LogP contribution in [-0.4, -0.2) is 34.9 Å². The molecule has 0 aliphatic carbocycles. The van der Waals surface area contributed by atoms with Crippen LogP contribution >= 0.6 is 40.7 Å². The SMILES string of the molecule is CC1CC(CN)CN1C(=O)c1ccc(Oc2cccc(Br)c2)nc1.Cl.Cl. The number of rotatable bonds is 4. The molecule has 1 aliphatic rings. The average Bonchev–Trinajstić information content (AvgIpc) is 2.96. The minimum absolute atomic E-state index is 0. The van der Waals surface area contributed by atoms with E-state index in [1.54, 1.807) is 18.3 Å². The van der Waals surface area contributed by atoms with Gasteiger partial charge in [0, 0.05) is 29.3 Å². The molecule has 8 heteroatoms. The fraction of sp³-hybridized carbons (Fsp3) is 0.333. The fourth-order valence-electron chi connectivity index (χ4n) is 2.98. The van der Waals surface area contributed by atoms with E-state index in [2.05, 4.69) is 27.8 Å². The molecule has 0 spiro atoms. The van der Waals surface area contributed by atoms with E-state index in [0.717, 1.165) is 10.9 Å². The van der Waals surface area contributed by atoms with Crippen molar-refractivity contribution in [3.8, 4) is 11.6 Å². The van der Waals surface area contributed by atoms with Crippen LogP contribution in [-0.2, 0) is 0 Å². The summed E-state index contributed by atoms with van der Waals surface area (Å²) in [6.45, 7) is 3.39. The molecule has 2 aromatic rings. The highest BCUT2D eigenvalue weighted by Crippen LogP contribution is 2.26. The zero-order chi connectivity index (χ0) is 17.1. The lowest BCUT2D eigenvalue weighted by Crippen LogP contribution is -2.34. The molecule has 2 unspecified atom stereocenters. The van der Waals surface area contributed by atoms with Gasteiger partial charge in [-0.1, -0.05) is 22.0 Å². The summed E-state index contributed by atoms with van der Waals surface area (Å²) in [7, 11) is 0. The molecule has 1 fully saturated rings. The van der Waals surface area contributed by atoms with Crippen molar-refractivity contribution in [3.63, 3.8) is 0 Å². The maximum atomic E-state index is 12.6. The van der Waals surface area contributed by atoms with Crippen molar-refractivity contribution in [3.05, 3.63) is 52.6 Å². The molecule has 3 rings (SSSR count). The van der Waals surface area contributed by atoms with Crippen molar-refractivity contribution in [1.82, 2.24) is 9.88 Å². The summed E-state index contributed by atoms with van der Waals surface area (Å²) in [6, 6.07) is 11.2. The summed E-state index contributed by atoms with van der Waals surface area (Å²) in [5.74, 6) is 1.53. The first-order valence-electron chi connectivity index (χ1n) is 7.97. The van der Waals surface area contributed by atoms with Gasteiger partial charge >= 0.3 is 0 Å². The molecule has 0 saturated carbocycles. The monoisotopic (exact) mass is 461 g/mol. The number of aromatic nitrogens is 1. The lowest BCUT2D eigenvalue weighted by molar-refractivity contribution is 0.0743. The van der Waals surface area contributed by atoms with Gasteiger partial charge < -0.3 is 15.4 Å². The van der Waals surface area contributed by atoms with E-state index < -0.39 is 0 Å². The second-order valence-electron chi connectivity index (χ2n) is 6.09. The number of benzene rings is 1. The highest BCUT2D eigenvalue weighted by atomic mass is 79.9. The van der Waals surface area contributed by atoms with Crippen molar-refractivity contribution < 1.29 is 9.53 Å². The van der Waals surface area contributed by atoms with Crippen molar-refractivity contribution in [1.29, 1.82) is 0 Å². The third-order valence-electron chi connectivity index (χ3n) is 4.26. The molecule has 1 aromatic carbocycles. The Morgan fingerprint density at radius 2 is 2.12 bits per heavy atom. The number of halogens is 3. The van der Waals surface area contributed by atoms with Gasteiger partial charge in [-0.15, -0.1) is 24.8 Å². The summed E-state index contributed by atoms with van der Waals surface area (Å²) < 4.78 is 6.63. The average molecular weight is 463 g/mol. The first-order chi connectivity index (χ1) is 11.6. The van der Waals surface area contributed by atoms with Crippen LogP contribution in [0.25, 0.3) is 0 Å². The first kappa shape index (κ1) is 22.7. The third-order valence-corrected chi connectivity index (χ3v) is 4.75. The Morgan fingerprint density at radius 3 is 2.69 bits per heavy atom. The number of hydrogen-bond donors (Lipinski definition) is 1. The minimum atomic E-state index is -0.0000412. The number of nitrogens with zero attached hydrogens (tertiary/aromatic N) is 2. The van der Waals surface area contributed by atoms with Gasteiger partial charge in [0.25, 0.3) is 5.91 Å². The van der Waals surface area contributed by atoms with Crippen molar-refractivity contribution in [2.75, 3.05) is 13.1 Å². The number of carbonyl (C=O) groups is 1. The van der Waals surface area contributed by atoms with Gasteiger partial charge in [0.1, 0.15) is 5.75 Å². The van der Waals surface area contributed by atoms with Gasteiger partial charge in [-0.25, -0.2) is 4.98 Å². The van der Waals surface area contributed by atoms with E-state index in [-0.39, 0.29) is 36.8 Å². The van der Waals surface area contributed by atoms with Crippen LogP contribution in [0.2, 0.25) is 0 Å². The molecular weight excluding hydrogens is 441 g/mol. The van der Waals surface area contributed by atoms with Gasteiger partial charge in [0.15, 0.2) is 0 Å². The van der Waals surface area contributed by atoms with Crippen molar-refractivity contribution >= 4 is 46.7 Å². The second-order valence-corrected chi connectivity index (χ2v) is 7.00. The molecule has 1 aromatic heterocycles. The number of amides is 1. The Balaban J connectivity index is 0.00000169. The lowest BCUT2D eigenvalue weighted by Gasteiger charge is -2.21. The Bertz CT molecular complexity index is 731. The lowest BCUT2D eigenvalue weighted by atomic mass is 10.1. The predicted octanol–water partition coefficient (Wildman–Crippen LogP) is 4.29. The van der Waals surface area contributed by atoms with Gasteiger partial charge in [-0.3, -0.25) is 4.79 Å². The number of carbonyl (C=O) groups excluding carboxylic acids is 1. The Hall–Kier alpha value is -1.34. The van der Waals surface area contributed by atoms with Crippen molar-refractivity contribution in [2.45, 2.75) is 19.4 Å². The van der Waals surface area contributed by atoms with Gasteiger partial charge in [-0.05, 0) is 50.1 Å². The number of pyridine rings is 1. The van der Waals surface area contributed by atoms with Crippen LogP contribution in [0.5, 0.6) is 11.6 Å². The van der Waals surface area contributed by atoms with E-state index in [1.807, 2.05) is 29.2 Å². The fourth-order valence-corrected chi connectivity index (χ4v) is 3.36. The highest BCUT2D eigenvalue weighted by molar-refractivity contribution is 9.10. The van der Waals surface area contributed by atoms with E-state index in [4.69, 9.17) is 10.5 Å². The second kappa shape index (κ2) is 10.1. The first-order valence-corrected chi connectivity index (χ1v) is 8.76. The molecule has 1 saturated heterocycles. The number of nitrogens with two attached hydrogens (primary N) is 1. The molecule has 2 atom stereocenters. The van der Waals surface area contributed by atoms with E-state index >= 15 is 0 Å². The van der Waals surface area contributed by atoms with Crippen LogP contribution in [0, 0.1) is 5.92 Å². The summed E-state index contributed by atoms with van der Waals surface area (Å²) in [6.07, 6.45) is 2.53. The Labute approximate surface area is 174 Å². The quantitative estimate of drug-likeness (QED) is 0.735. The van der Waals surface area contributed by atoms with Gasteiger partial charge in [0.05, 0.1) is 5.56 Å². The molecule has 0 radical (unpaired) electrons. The van der Waals surface area contributed by atoms with Crippen LogP contribution in [0.4, 0.5) is 0 Å². The van der Waals surface area contributed by atoms with Gasteiger partial charge in [0.2, 0.25) is 5.88 Å². The summed E-state index contributed by atoms with van der Waals surface area (Å²) in [5, 5.41) is 0. The minimum Gasteiger partial charge on any atom is -0.439 e. The molecule has 2 N–H and O–H groups in total. The number of likely N-dealkylation sites (tertiary alicyclic amines) is 1. The zero-order valence-electron chi connectivity index (χ0n) is 14.3. The highest BCUT2D eigenvalue weighted by Gasteiger charge is 2.32. The summed E-state index contributed by atoms with van der Waals surface area (Å²) >= 11 is 3.40. The molecule has 142 valence electrons. The van der Waals surface area contributed by atoms with E-state index in [1.165, 1.54) is 0 Å². The van der Waals surface area contributed by atoms with Crippen molar-refractivity contribution in [2.24, 2.45) is 11.7 Å². The smallest absolute Gasteiger partial charge is 0.255 e. The van der Waals surface area contributed by atoms with E-state index in [0.29, 0.717) is 36.2 Å². The van der Waals surface area contributed by atoms with Crippen LogP contribution in [0.1, 0.15) is 23.7 Å². The molecule has 1 aliphatic heterocycles. The molecule has 5 nitrogen and oxygen atoms in total. The van der Waals surface area contributed by atoms with Crippen LogP contribution in [0.3, 0.4) is 0 Å². The zero-order valence-corrected chi connectivity index (χ0v) is 17.5. The normalized spacial score (nSPS) is 18.7. The summed E-state index contributed by atoms with van der Waals surface area (Å²) in [5.41, 5.74) is 6.30. The molecule has 2 heterocycles. The standard InChI is InChI=1S/C18H20BrN3O2.2ClH/c1-12-7-13(9-20)11-22(12)18(23)14-5-6-17(21-10-14)24-16-4-2-3-15(19)8-16;;/h2-6,8,10,12-13H,7,9,11,20H2,1H3;2*1H. The van der Waals surface area contributed by atoms with Crippen LogP contribution < -0.4 is 10.5 Å². The molecule has 26 heavy (non-hydrogen) atoms. The maximum Gasteiger partial charge on any atom is 0.255 e. The third kappa shape index (κ3) is 5.33. The molecule has 1 amide bonds. The number of ether oxygens (including phenoxy) is 1. The Kier molecular flexibility index (Phi) is 8.83. The van der Waals surface area contributed by atoms with Crippen LogP contribution in [0.15, 0.2) is 47.1 Å². The Morgan fingerprint density at radius 1 is 1.35 bits per heavy atom. The molecular formula is C18H22BrCl2N3O2. The number of hydrogen-bond acceptors (Lipinski definition) is 4. The largest absolute Gasteiger partial charge is 0.439 e. The molecule has 0 bridgehead atoms. The topological polar surface area (TPSA) is 68.5 Å². The van der Waals surface area contributed by atoms with E-state index in [9.17, 15) is 4.79 Å². The summed E-state index contributed by atoms with van der Waals surface area (Å²) in [4.78, 5) is 18.8.